The summed E-state index contributed by atoms with van der Waals surface area (Å²) in [6.07, 6.45) is 0.936. The number of aliphatic hydroxyl groups is 1. The molecular weight excluding hydrogens is 254 g/mol. The van der Waals surface area contributed by atoms with Crippen LogP contribution in [0, 0.1) is 0 Å². The minimum absolute atomic E-state index is 0.173. The third-order valence-electron chi connectivity index (χ3n) is 2.57. The lowest BCUT2D eigenvalue weighted by atomic mass is 10.1. The third kappa shape index (κ3) is 3.59. The van der Waals surface area contributed by atoms with E-state index >= 15 is 0 Å². The van der Waals surface area contributed by atoms with Crippen LogP contribution in [0.5, 0.6) is 0 Å². The first-order chi connectivity index (χ1) is 7.19. The van der Waals surface area contributed by atoms with E-state index in [1.807, 2.05) is 18.2 Å². The van der Waals surface area contributed by atoms with Crippen LogP contribution in [0.2, 0.25) is 0 Å². The van der Waals surface area contributed by atoms with Gasteiger partial charge in [0.05, 0.1) is 6.61 Å². The average molecular weight is 272 g/mol. The maximum absolute atomic E-state index is 9.12. The summed E-state index contributed by atoms with van der Waals surface area (Å²) in [4.78, 5) is 0. The second-order valence-electron chi connectivity index (χ2n) is 3.70. The maximum Gasteiger partial charge on any atom is 0.0584 e. The molecule has 0 aliphatic rings. The summed E-state index contributed by atoms with van der Waals surface area (Å²) in [7, 11) is 0. The lowest BCUT2D eigenvalue weighted by Crippen LogP contribution is -2.34. The van der Waals surface area contributed by atoms with Crippen LogP contribution in [0.25, 0.3) is 0 Å². The van der Waals surface area contributed by atoms with Gasteiger partial charge in [0, 0.05) is 16.6 Å². The number of rotatable bonds is 5. The van der Waals surface area contributed by atoms with Crippen molar-refractivity contribution < 1.29 is 5.11 Å². The van der Waals surface area contributed by atoms with Gasteiger partial charge in [-0.05, 0) is 25.0 Å². The molecule has 1 aromatic rings. The molecule has 0 aliphatic carbocycles. The van der Waals surface area contributed by atoms with E-state index in [1.165, 1.54) is 5.56 Å². The number of aliphatic hydroxyl groups excluding tert-OH is 1. The van der Waals surface area contributed by atoms with Gasteiger partial charge < -0.3 is 10.4 Å². The highest BCUT2D eigenvalue weighted by Crippen LogP contribution is 2.23. The Bertz CT molecular complexity index is 299. The molecule has 0 aliphatic heterocycles. The zero-order valence-electron chi connectivity index (χ0n) is 9.20. The Hall–Kier alpha value is -0.380. The van der Waals surface area contributed by atoms with Gasteiger partial charge in [0.15, 0.2) is 0 Å². The molecule has 2 nitrogen and oxygen atoms in total. The summed E-state index contributed by atoms with van der Waals surface area (Å²) >= 11 is 3.53. The molecular formula is C12H18BrNO. The molecule has 0 saturated carbocycles. The molecule has 0 fully saturated rings. The van der Waals surface area contributed by atoms with Crippen molar-refractivity contribution in [3.63, 3.8) is 0 Å². The normalized spacial score (nSPS) is 14.9. The first-order valence-electron chi connectivity index (χ1n) is 5.30. The van der Waals surface area contributed by atoms with Crippen molar-refractivity contribution in [1.29, 1.82) is 0 Å². The molecule has 1 aromatic carbocycles. The molecule has 3 heteroatoms. The molecule has 84 valence electrons. The summed E-state index contributed by atoms with van der Waals surface area (Å²) in [6, 6.07) is 8.57. The topological polar surface area (TPSA) is 32.3 Å². The Balaban J connectivity index is 2.68. The summed E-state index contributed by atoms with van der Waals surface area (Å²) in [5.41, 5.74) is 1.23. The van der Waals surface area contributed by atoms with E-state index in [9.17, 15) is 0 Å². The van der Waals surface area contributed by atoms with Gasteiger partial charge in [0.25, 0.3) is 0 Å². The molecule has 1 rings (SSSR count). The van der Waals surface area contributed by atoms with E-state index in [1.54, 1.807) is 0 Å². The maximum atomic E-state index is 9.12. The van der Waals surface area contributed by atoms with Crippen molar-refractivity contribution >= 4 is 15.9 Å². The van der Waals surface area contributed by atoms with Gasteiger partial charge in [0.2, 0.25) is 0 Å². The van der Waals surface area contributed by atoms with Crippen molar-refractivity contribution in [2.24, 2.45) is 0 Å². The standard InChI is InChI=1S/C12H18BrNO/c1-3-10(8-15)14-9(2)11-6-4-5-7-12(11)13/h4-7,9-10,14-15H,3,8H2,1-2H3/t9?,10-/m1/s1. The third-order valence-corrected chi connectivity index (χ3v) is 3.29. The molecule has 2 atom stereocenters. The lowest BCUT2D eigenvalue weighted by Gasteiger charge is -2.21. The molecule has 1 unspecified atom stereocenters. The second kappa shape index (κ2) is 6.26. The summed E-state index contributed by atoms with van der Waals surface area (Å²) in [6.45, 7) is 4.37. The van der Waals surface area contributed by atoms with Crippen molar-refractivity contribution in [3.8, 4) is 0 Å². The number of nitrogens with one attached hydrogen (secondary N) is 1. The van der Waals surface area contributed by atoms with Gasteiger partial charge in [-0.1, -0.05) is 41.1 Å². The zero-order valence-corrected chi connectivity index (χ0v) is 10.8. The Labute approximate surface area is 99.8 Å². The van der Waals surface area contributed by atoms with Gasteiger partial charge in [0.1, 0.15) is 0 Å². The van der Waals surface area contributed by atoms with Crippen LogP contribution in [0.1, 0.15) is 31.9 Å². The van der Waals surface area contributed by atoms with E-state index in [-0.39, 0.29) is 18.7 Å². The second-order valence-corrected chi connectivity index (χ2v) is 4.55. The van der Waals surface area contributed by atoms with E-state index in [4.69, 9.17) is 5.11 Å². The lowest BCUT2D eigenvalue weighted by molar-refractivity contribution is 0.230. The van der Waals surface area contributed by atoms with Crippen LogP contribution in [-0.2, 0) is 0 Å². The molecule has 0 heterocycles. The molecule has 0 amide bonds. The highest BCUT2D eigenvalue weighted by molar-refractivity contribution is 9.10. The largest absolute Gasteiger partial charge is 0.395 e. The van der Waals surface area contributed by atoms with Crippen molar-refractivity contribution in [1.82, 2.24) is 5.32 Å². The van der Waals surface area contributed by atoms with Crippen LogP contribution in [-0.4, -0.2) is 17.8 Å². The smallest absolute Gasteiger partial charge is 0.0584 e. The van der Waals surface area contributed by atoms with Crippen LogP contribution >= 0.6 is 15.9 Å². The minimum atomic E-state index is 0.173. The van der Waals surface area contributed by atoms with Gasteiger partial charge in [-0.3, -0.25) is 0 Å². The summed E-state index contributed by atoms with van der Waals surface area (Å²) in [5, 5.41) is 12.5. The predicted octanol–water partition coefficient (Wildman–Crippen LogP) is 2.87. The molecule has 0 radical (unpaired) electrons. The van der Waals surface area contributed by atoms with Gasteiger partial charge in [-0.25, -0.2) is 0 Å². The zero-order chi connectivity index (χ0) is 11.3. The molecule has 15 heavy (non-hydrogen) atoms. The minimum Gasteiger partial charge on any atom is -0.395 e. The van der Waals surface area contributed by atoms with E-state index in [0.29, 0.717) is 0 Å². The van der Waals surface area contributed by atoms with Crippen molar-refractivity contribution in [2.75, 3.05) is 6.61 Å². The quantitative estimate of drug-likeness (QED) is 0.863. The molecule has 0 saturated heterocycles. The van der Waals surface area contributed by atoms with Gasteiger partial charge in [-0.15, -0.1) is 0 Å². The number of hydrogen-bond acceptors (Lipinski definition) is 2. The van der Waals surface area contributed by atoms with Crippen molar-refractivity contribution in [2.45, 2.75) is 32.4 Å². The fourth-order valence-electron chi connectivity index (χ4n) is 1.57. The first-order valence-corrected chi connectivity index (χ1v) is 6.09. The van der Waals surface area contributed by atoms with Crippen molar-refractivity contribution in [3.05, 3.63) is 34.3 Å². The highest BCUT2D eigenvalue weighted by atomic mass is 79.9. The molecule has 0 aromatic heterocycles. The van der Waals surface area contributed by atoms with Gasteiger partial charge >= 0.3 is 0 Å². The van der Waals surface area contributed by atoms with E-state index in [2.05, 4.69) is 41.2 Å². The summed E-state index contributed by atoms with van der Waals surface area (Å²) in [5.74, 6) is 0. The Kier molecular flexibility index (Phi) is 5.29. The van der Waals surface area contributed by atoms with E-state index in [0.717, 1.165) is 10.9 Å². The number of benzene rings is 1. The van der Waals surface area contributed by atoms with Crippen LogP contribution < -0.4 is 5.32 Å². The van der Waals surface area contributed by atoms with E-state index < -0.39 is 0 Å². The SMILES string of the molecule is CC[C@H](CO)NC(C)c1ccccc1Br. The summed E-state index contributed by atoms with van der Waals surface area (Å²) < 4.78 is 1.11. The van der Waals surface area contributed by atoms with Crippen LogP contribution in [0.15, 0.2) is 28.7 Å². The molecule has 0 spiro atoms. The van der Waals surface area contributed by atoms with Gasteiger partial charge in [-0.2, -0.15) is 0 Å². The van der Waals surface area contributed by atoms with Crippen LogP contribution in [0.4, 0.5) is 0 Å². The fraction of sp³-hybridized carbons (Fsp3) is 0.500. The van der Waals surface area contributed by atoms with Crippen LogP contribution in [0.3, 0.4) is 0 Å². The monoisotopic (exact) mass is 271 g/mol. The predicted molar refractivity (Wildman–Crippen MR) is 66.9 cm³/mol. The number of hydrogen-bond donors (Lipinski definition) is 2. The molecule has 0 bridgehead atoms. The number of halogens is 1. The average Bonchev–Trinajstić information content (AvgIpc) is 2.26. The fourth-order valence-corrected chi connectivity index (χ4v) is 2.20. The first kappa shape index (κ1) is 12.7. The Morgan fingerprint density at radius 1 is 1.40 bits per heavy atom. The Morgan fingerprint density at radius 3 is 2.60 bits per heavy atom. The molecule has 2 N–H and O–H groups in total. The highest BCUT2D eigenvalue weighted by Gasteiger charge is 2.12. The Morgan fingerprint density at radius 2 is 2.07 bits per heavy atom.